The highest BCUT2D eigenvalue weighted by Crippen LogP contribution is 2.31. The molecule has 1 aromatic heterocycles. The third kappa shape index (κ3) is 1.45. The molecule has 0 saturated heterocycles. The predicted octanol–water partition coefficient (Wildman–Crippen LogP) is 2.34. The quantitative estimate of drug-likeness (QED) is 0.710. The molecule has 1 aromatic carbocycles. The molecule has 0 N–H and O–H groups in total. The first-order chi connectivity index (χ1) is 7.45. The van der Waals surface area contributed by atoms with Crippen molar-refractivity contribution in [2.45, 2.75) is 12.5 Å². The van der Waals surface area contributed by atoms with E-state index in [2.05, 4.69) is 17.3 Å². The minimum atomic E-state index is -0.0614. The summed E-state index contributed by atoms with van der Waals surface area (Å²) in [5.74, 6) is 0. The van der Waals surface area contributed by atoms with Crippen molar-refractivity contribution in [3.63, 3.8) is 0 Å². The van der Waals surface area contributed by atoms with Crippen molar-refractivity contribution < 1.29 is 9.26 Å². The normalized spacial score (nSPS) is 19.9. The van der Waals surface area contributed by atoms with E-state index in [1.807, 2.05) is 18.2 Å². The zero-order valence-corrected chi connectivity index (χ0v) is 8.22. The first-order valence-corrected chi connectivity index (χ1v) is 5.05. The zero-order valence-electron chi connectivity index (χ0n) is 8.22. The van der Waals surface area contributed by atoms with E-state index in [0.29, 0.717) is 0 Å². The fourth-order valence-corrected chi connectivity index (χ4v) is 1.92. The molecule has 3 heteroatoms. The number of ether oxygens (including phenoxy) is 1. The van der Waals surface area contributed by atoms with Crippen molar-refractivity contribution >= 4 is 0 Å². The van der Waals surface area contributed by atoms with Gasteiger partial charge in [-0.15, -0.1) is 0 Å². The van der Waals surface area contributed by atoms with Crippen LogP contribution in [0.3, 0.4) is 0 Å². The van der Waals surface area contributed by atoms with Gasteiger partial charge in [0.15, 0.2) is 0 Å². The lowest BCUT2D eigenvalue weighted by Crippen LogP contribution is -2.16. The topological polar surface area (TPSA) is 35.3 Å². The fourth-order valence-electron chi connectivity index (χ4n) is 1.92. The molecule has 0 bridgehead atoms. The molecule has 15 heavy (non-hydrogen) atoms. The molecule has 3 nitrogen and oxygen atoms in total. The average molecular weight is 201 g/mol. The van der Waals surface area contributed by atoms with Crippen molar-refractivity contribution in [3.05, 3.63) is 53.4 Å². The summed E-state index contributed by atoms with van der Waals surface area (Å²) in [7, 11) is 0. The van der Waals surface area contributed by atoms with Crippen LogP contribution in [0.5, 0.6) is 0 Å². The Morgan fingerprint density at radius 2 is 2.07 bits per heavy atom. The molecule has 1 aliphatic heterocycles. The SMILES string of the molecule is c1ccc([C@H]2OCCc3conc32)cc1. The van der Waals surface area contributed by atoms with Gasteiger partial charge in [-0.2, -0.15) is 0 Å². The molecule has 2 heterocycles. The summed E-state index contributed by atoms with van der Waals surface area (Å²) in [6, 6.07) is 10.1. The van der Waals surface area contributed by atoms with Crippen molar-refractivity contribution in [3.8, 4) is 0 Å². The van der Waals surface area contributed by atoms with Gasteiger partial charge in [0.05, 0.1) is 6.61 Å². The third-order valence-electron chi connectivity index (χ3n) is 2.68. The molecule has 76 valence electrons. The highest BCUT2D eigenvalue weighted by Gasteiger charge is 2.25. The lowest BCUT2D eigenvalue weighted by molar-refractivity contribution is 0.0657. The lowest BCUT2D eigenvalue weighted by Gasteiger charge is -2.21. The van der Waals surface area contributed by atoms with Crippen molar-refractivity contribution in [1.29, 1.82) is 0 Å². The van der Waals surface area contributed by atoms with Gasteiger partial charge in [-0.3, -0.25) is 0 Å². The van der Waals surface area contributed by atoms with Gasteiger partial charge in [0.25, 0.3) is 0 Å². The molecule has 0 amide bonds. The summed E-state index contributed by atoms with van der Waals surface area (Å²) < 4.78 is 10.7. The molecule has 0 unspecified atom stereocenters. The van der Waals surface area contributed by atoms with Crippen LogP contribution in [0.1, 0.15) is 22.9 Å². The van der Waals surface area contributed by atoms with E-state index in [-0.39, 0.29) is 6.10 Å². The summed E-state index contributed by atoms with van der Waals surface area (Å²) in [6.07, 6.45) is 2.55. The van der Waals surface area contributed by atoms with Crippen LogP contribution in [0.2, 0.25) is 0 Å². The first kappa shape index (κ1) is 8.68. The van der Waals surface area contributed by atoms with Gasteiger partial charge in [-0.25, -0.2) is 0 Å². The Kier molecular flexibility index (Phi) is 2.03. The standard InChI is InChI=1S/C12H11NO2/c1-2-4-9(5-3-1)12-11-10(6-7-14-12)8-15-13-11/h1-5,8,12H,6-7H2/t12-/m1/s1. The number of nitrogens with zero attached hydrogens (tertiary/aromatic N) is 1. The van der Waals surface area contributed by atoms with Crippen LogP contribution in [0.25, 0.3) is 0 Å². The Balaban J connectivity index is 2.03. The van der Waals surface area contributed by atoms with Crippen molar-refractivity contribution in [1.82, 2.24) is 5.16 Å². The molecule has 1 aliphatic rings. The van der Waals surface area contributed by atoms with Crippen LogP contribution in [0, 0.1) is 0 Å². The van der Waals surface area contributed by atoms with Gasteiger partial charge in [0, 0.05) is 12.0 Å². The Hall–Kier alpha value is -1.61. The van der Waals surface area contributed by atoms with Gasteiger partial charge in [0.1, 0.15) is 18.1 Å². The van der Waals surface area contributed by atoms with Crippen molar-refractivity contribution in [2.24, 2.45) is 0 Å². The van der Waals surface area contributed by atoms with E-state index in [0.717, 1.165) is 29.8 Å². The van der Waals surface area contributed by atoms with E-state index in [9.17, 15) is 0 Å². The molecule has 0 aliphatic carbocycles. The number of benzene rings is 1. The zero-order chi connectivity index (χ0) is 10.1. The Bertz CT molecular complexity index is 450. The highest BCUT2D eigenvalue weighted by molar-refractivity contribution is 5.30. The fraction of sp³-hybridized carbons (Fsp3) is 0.250. The summed E-state index contributed by atoms with van der Waals surface area (Å²) in [4.78, 5) is 0. The number of hydrogen-bond acceptors (Lipinski definition) is 3. The van der Waals surface area contributed by atoms with E-state index >= 15 is 0 Å². The molecule has 0 radical (unpaired) electrons. The van der Waals surface area contributed by atoms with E-state index < -0.39 is 0 Å². The lowest BCUT2D eigenvalue weighted by atomic mass is 10.0. The molecule has 0 saturated carbocycles. The molecule has 0 fully saturated rings. The number of aromatic nitrogens is 1. The molecule has 2 aromatic rings. The number of hydrogen-bond donors (Lipinski definition) is 0. The number of rotatable bonds is 1. The summed E-state index contributed by atoms with van der Waals surface area (Å²) in [6.45, 7) is 0.730. The van der Waals surface area contributed by atoms with E-state index in [4.69, 9.17) is 9.26 Å². The van der Waals surface area contributed by atoms with Gasteiger partial charge in [0.2, 0.25) is 0 Å². The Labute approximate surface area is 87.7 Å². The maximum Gasteiger partial charge on any atom is 0.128 e. The second kappa shape index (κ2) is 3.51. The van der Waals surface area contributed by atoms with Crippen LogP contribution in [-0.2, 0) is 11.2 Å². The second-order valence-electron chi connectivity index (χ2n) is 3.64. The van der Waals surface area contributed by atoms with Crippen molar-refractivity contribution in [2.75, 3.05) is 6.61 Å². The Morgan fingerprint density at radius 1 is 1.20 bits per heavy atom. The van der Waals surface area contributed by atoms with Gasteiger partial charge in [-0.05, 0) is 5.56 Å². The smallest absolute Gasteiger partial charge is 0.128 e. The minimum Gasteiger partial charge on any atom is -0.367 e. The van der Waals surface area contributed by atoms with Gasteiger partial charge >= 0.3 is 0 Å². The molecule has 0 spiro atoms. The van der Waals surface area contributed by atoms with Crippen LogP contribution in [0.4, 0.5) is 0 Å². The number of fused-ring (bicyclic) bond motifs is 1. The van der Waals surface area contributed by atoms with Gasteiger partial charge in [-0.1, -0.05) is 35.5 Å². The van der Waals surface area contributed by atoms with Crippen LogP contribution in [-0.4, -0.2) is 11.8 Å². The molecular weight excluding hydrogens is 190 g/mol. The summed E-state index contributed by atoms with van der Waals surface area (Å²) >= 11 is 0. The maximum atomic E-state index is 5.73. The van der Waals surface area contributed by atoms with E-state index in [1.54, 1.807) is 6.26 Å². The largest absolute Gasteiger partial charge is 0.367 e. The van der Waals surface area contributed by atoms with Gasteiger partial charge < -0.3 is 9.26 Å². The Morgan fingerprint density at radius 3 is 2.93 bits per heavy atom. The summed E-state index contributed by atoms with van der Waals surface area (Å²) in [5, 5.41) is 4.01. The average Bonchev–Trinajstić information content (AvgIpc) is 2.78. The predicted molar refractivity (Wildman–Crippen MR) is 54.4 cm³/mol. The van der Waals surface area contributed by atoms with Crippen LogP contribution in [0.15, 0.2) is 41.1 Å². The van der Waals surface area contributed by atoms with Crippen LogP contribution >= 0.6 is 0 Å². The molecule has 1 atom stereocenters. The maximum absolute atomic E-state index is 5.73. The molecule has 3 rings (SSSR count). The second-order valence-corrected chi connectivity index (χ2v) is 3.64. The van der Waals surface area contributed by atoms with Crippen LogP contribution < -0.4 is 0 Å². The monoisotopic (exact) mass is 201 g/mol. The third-order valence-corrected chi connectivity index (χ3v) is 2.68. The highest BCUT2D eigenvalue weighted by atomic mass is 16.5. The summed E-state index contributed by atoms with van der Waals surface area (Å²) in [5.41, 5.74) is 3.22. The minimum absolute atomic E-state index is 0.0614. The first-order valence-electron chi connectivity index (χ1n) is 5.05. The van der Waals surface area contributed by atoms with E-state index in [1.165, 1.54) is 0 Å². The molecular formula is C12H11NO2.